The van der Waals surface area contributed by atoms with Crippen molar-refractivity contribution in [3.8, 4) is 6.07 Å². The van der Waals surface area contributed by atoms with E-state index in [1.807, 2.05) is 0 Å². The van der Waals surface area contributed by atoms with E-state index in [4.69, 9.17) is 5.26 Å². The van der Waals surface area contributed by atoms with E-state index in [2.05, 4.69) is 17.3 Å². The maximum Gasteiger partial charge on any atom is 0.0655 e. The van der Waals surface area contributed by atoms with Crippen molar-refractivity contribution >= 4 is 6.21 Å². The third kappa shape index (κ3) is 1.24. The minimum absolute atomic E-state index is 0.271. The van der Waals surface area contributed by atoms with Crippen molar-refractivity contribution < 1.29 is 0 Å². The third-order valence-corrected chi connectivity index (χ3v) is 3.20. The van der Waals surface area contributed by atoms with Gasteiger partial charge in [0.15, 0.2) is 0 Å². The van der Waals surface area contributed by atoms with Crippen molar-refractivity contribution in [2.24, 2.45) is 10.9 Å². The second kappa shape index (κ2) is 2.90. The molecule has 2 nitrogen and oxygen atoms in total. The Kier molecular flexibility index (Phi) is 1.88. The monoisotopic (exact) mass is 162 g/mol. The normalized spacial score (nSPS) is 40.1. The van der Waals surface area contributed by atoms with Crippen molar-refractivity contribution in [2.45, 2.75) is 44.1 Å². The van der Waals surface area contributed by atoms with Crippen molar-refractivity contribution in [2.75, 3.05) is 0 Å². The summed E-state index contributed by atoms with van der Waals surface area (Å²) in [5.74, 6) is 0.312. The molecule has 0 N–H and O–H groups in total. The molecule has 2 heteroatoms. The minimum Gasteiger partial charge on any atom is -0.291 e. The van der Waals surface area contributed by atoms with Crippen LogP contribution in [0.1, 0.15) is 38.5 Å². The summed E-state index contributed by atoms with van der Waals surface area (Å²) in [6, 6.07) is 2.36. The number of rotatable bonds is 0. The Morgan fingerprint density at radius 2 is 2.08 bits per heavy atom. The molecule has 2 aliphatic rings. The van der Waals surface area contributed by atoms with Crippen LogP contribution in [0, 0.1) is 17.2 Å². The van der Waals surface area contributed by atoms with Gasteiger partial charge in [0.1, 0.15) is 0 Å². The molecule has 12 heavy (non-hydrogen) atoms. The fourth-order valence-electron chi connectivity index (χ4n) is 2.32. The molecule has 0 atom stereocenters. The van der Waals surface area contributed by atoms with Gasteiger partial charge in [0.05, 0.1) is 11.6 Å². The van der Waals surface area contributed by atoms with E-state index in [1.165, 1.54) is 6.42 Å². The van der Waals surface area contributed by atoms with Crippen LogP contribution in [0.4, 0.5) is 0 Å². The molecule has 0 saturated heterocycles. The molecule has 64 valence electrons. The summed E-state index contributed by atoms with van der Waals surface area (Å²) in [6.45, 7) is 0. The lowest BCUT2D eigenvalue weighted by molar-refractivity contribution is 0.266. The van der Waals surface area contributed by atoms with Gasteiger partial charge in [0.2, 0.25) is 0 Å². The summed E-state index contributed by atoms with van der Waals surface area (Å²) >= 11 is 0. The number of hydrogen-bond donors (Lipinski definition) is 0. The molecule has 1 fully saturated rings. The lowest BCUT2D eigenvalue weighted by atomic mass is 9.76. The van der Waals surface area contributed by atoms with Crippen LogP contribution in [0.15, 0.2) is 4.99 Å². The summed E-state index contributed by atoms with van der Waals surface area (Å²) in [5.41, 5.74) is 0.271. The van der Waals surface area contributed by atoms with Gasteiger partial charge in [-0.25, -0.2) is 0 Å². The maximum absolute atomic E-state index is 8.73. The zero-order valence-electron chi connectivity index (χ0n) is 7.29. The molecule has 0 aromatic heterocycles. The molecular weight excluding hydrogens is 148 g/mol. The summed E-state index contributed by atoms with van der Waals surface area (Å²) in [7, 11) is 0. The molecule has 0 aromatic carbocycles. The lowest BCUT2D eigenvalue weighted by Gasteiger charge is -2.32. The summed E-state index contributed by atoms with van der Waals surface area (Å²) in [4.78, 5) is 4.56. The number of hydrogen-bond acceptors (Lipinski definition) is 2. The second-order valence-electron chi connectivity index (χ2n) is 3.98. The van der Waals surface area contributed by atoms with Crippen molar-refractivity contribution in [1.82, 2.24) is 0 Å². The molecule has 1 saturated carbocycles. The van der Waals surface area contributed by atoms with Gasteiger partial charge >= 0.3 is 0 Å². The molecule has 1 aliphatic heterocycles. The van der Waals surface area contributed by atoms with Crippen molar-refractivity contribution in [1.29, 1.82) is 5.26 Å². The van der Waals surface area contributed by atoms with Gasteiger partial charge in [-0.3, -0.25) is 4.99 Å². The highest BCUT2D eigenvalue weighted by Gasteiger charge is 2.35. The van der Waals surface area contributed by atoms with Gasteiger partial charge in [-0.05, 0) is 44.7 Å². The highest BCUT2D eigenvalue weighted by Crippen LogP contribution is 2.39. The quantitative estimate of drug-likeness (QED) is 0.538. The summed E-state index contributed by atoms with van der Waals surface area (Å²) < 4.78 is 0. The Balaban J connectivity index is 1.98. The van der Waals surface area contributed by atoms with Gasteiger partial charge < -0.3 is 0 Å². The fourth-order valence-corrected chi connectivity index (χ4v) is 2.32. The van der Waals surface area contributed by atoms with E-state index in [9.17, 15) is 0 Å². The Labute approximate surface area is 73.3 Å². The molecule has 1 heterocycles. The summed E-state index contributed by atoms with van der Waals surface area (Å²) in [5, 5.41) is 8.73. The first kappa shape index (κ1) is 7.79. The van der Waals surface area contributed by atoms with Crippen LogP contribution in [0.25, 0.3) is 0 Å². The molecule has 0 radical (unpaired) electrons. The minimum atomic E-state index is 0.271. The first-order valence-electron chi connectivity index (χ1n) is 4.78. The largest absolute Gasteiger partial charge is 0.291 e. The van der Waals surface area contributed by atoms with E-state index in [0.717, 1.165) is 32.1 Å². The van der Waals surface area contributed by atoms with Gasteiger partial charge in [0.25, 0.3) is 0 Å². The zero-order chi connectivity index (χ0) is 8.44. The molecule has 0 aromatic rings. The maximum atomic E-state index is 8.73. The Morgan fingerprint density at radius 1 is 1.33 bits per heavy atom. The van der Waals surface area contributed by atoms with Crippen molar-refractivity contribution in [3.63, 3.8) is 0 Å². The smallest absolute Gasteiger partial charge is 0.0655 e. The Morgan fingerprint density at radius 3 is 2.58 bits per heavy atom. The zero-order valence-corrected chi connectivity index (χ0v) is 7.29. The predicted molar refractivity (Wildman–Crippen MR) is 48.0 cm³/mol. The molecule has 0 bridgehead atoms. The van der Waals surface area contributed by atoms with Crippen LogP contribution in [0.5, 0.6) is 0 Å². The van der Waals surface area contributed by atoms with Crippen LogP contribution in [0.3, 0.4) is 0 Å². The molecule has 2 rings (SSSR count). The van der Waals surface area contributed by atoms with E-state index in [-0.39, 0.29) is 5.54 Å². The predicted octanol–water partition coefficient (Wildman–Crippen LogP) is 2.30. The molecular formula is C10H14N2. The van der Waals surface area contributed by atoms with E-state index in [1.54, 1.807) is 0 Å². The highest BCUT2D eigenvalue weighted by atomic mass is 14.9. The second-order valence-corrected chi connectivity index (χ2v) is 3.98. The van der Waals surface area contributed by atoms with Crippen LogP contribution in [-0.2, 0) is 0 Å². The van der Waals surface area contributed by atoms with Gasteiger partial charge in [-0.15, -0.1) is 0 Å². The van der Waals surface area contributed by atoms with Gasteiger partial charge in [-0.2, -0.15) is 5.26 Å². The van der Waals surface area contributed by atoms with E-state index >= 15 is 0 Å². The molecule has 0 amide bonds. The summed E-state index contributed by atoms with van der Waals surface area (Å²) in [6.07, 6.45) is 8.85. The fraction of sp³-hybridized carbons (Fsp3) is 0.800. The Bertz CT molecular complexity index is 229. The van der Waals surface area contributed by atoms with Crippen LogP contribution < -0.4 is 0 Å². The third-order valence-electron chi connectivity index (χ3n) is 3.20. The first-order valence-corrected chi connectivity index (χ1v) is 4.78. The van der Waals surface area contributed by atoms with Gasteiger partial charge in [0, 0.05) is 5.92 Å². The standard InChI is InChI=1S/C10H14N2/c11-8-9-2-5-10(6-3-9)4-1-7-12-10/h7,9H,1-6H2. The topological polar surface area (TPSA) is 36.1 Å². The lowest BCUT2D eigenvalue weighted by Crippen LogP contribution is -2.29. The molecule has 0 unspecified atom stereocenters. The average Bonchev–Trinajstić information content (AvgIpc) is 2.55. The first-order chi connectivity index (χ1) is 5.85. The number of nitriles is 1. The molecule has 1 spiro atoms. The van der Waals surface area contributed by atoms with Crippen molar-refractivity contribution in [3.05, 3.63) is 0 Å². The van der Waals surface area contributed by atoms with E-state index < -0.39 is 0 Å². The van der Waals surface area contributed by atoms with Crippen LogP contribution in [0.2, 0.25) is 0 Å². The van der Waals surface area contributed by atoms with E-state index in [0.29, 0.717) is 5.92 Å². The number of aliphatic imine (C=N–C) groups is 1. The highest BCUT2D eigenvalue weighted by molar-refractivity contribution is 5.61. The Hall–Kier alpha value is -0.840. The number of nitrogens with zero attached hydrogens (tertiary/aromatic N) is 2. The van der Waals surface area contributed by atoms with Gasteiger partial charge in [-0.1, -0.05) is 0 Å². The van der Waals surface area contributed by atoms with Crippen LogP contribution >= 0.6 is 0 Å². The average molecular weight is 162 g/mol. The van der Waals surface area contributed by atoms with Crippen LogP contribution in [-0.4, -0.2) is 11.8 Å². The SMILES string of the molecule is N#CC1CCC2(CCC=N2)CC1. The molecule has 1 aliphatic carbocycles.